The van der Waals surface area contributed by atoms with Crippen LogP contribution in [0.3, 0.4) is 0 Å². The highest BCUT2D eigenvalue weighted by Crippen LogP contribution is 2.43. The van der Waals surface area contributed by atoms with E-state index in [0.717, 1.165) is 57.8 Å². The molecule has 3 N–H and O–H groups in total. The average molecular weight is 785 g/mol. The maximum absolute atomic E-state index is 12.6. The van der Waals surface area contributed by atoms with E-state index in [-0.39, 0.29) is 19.4 Å². The fourth-order valence-corrected chi connectivity index (χ4v) is 6.24. The van der Waals surface area contributed by atoms with E-state index in [4.69, 9.17) is 19.1 Å². The van der Waals surface area contributed by atoms with Gasteiger partial charge in [0, 0.05) is 12.8 Å². The maximum atomic E-state index is 12.6. The van der Waals surface area contributed by atoms with Crippen molar-refractivity contribution in [3.63, 3.8) is 0 Å². The molecule has 0 spiro atoms. The number of carbonyl (C=O) groups is 2. The van der Waals surface area contributed by atoms with Crippen molar-refractivity contribution in [1.82, 2.24) is 0 Å². The minimum atomic E-state index is -4.62. The molecule has 0 heterocycles. The number of rotatable bonds is 39. The monoisotopic (exact) mass is 785 g/mol. The standard InChI is InChI=1S/C43H77O10P/c1-3-5-7-9-11-13-15-17-18-19-20-21-22-23-25-26-28-30-32-34-42(46)50-38-41(39-52-54(48,49)51-37-40(45)36-44)53-43(47)35-33-31-29-27-24-16-14-12-10-8-6-4-2/h11,13,17-18,20-21,23,25,40-41,44-45H,3-10,12,14-16,19,22,24,26-39H2,1-2H3,(H,48,49)/b13-11-,18-17-,21-20-,25-23-/t40-,41+/m0/s1. The Balaban J connectivity index is 4.36. The zero-order valence-corrected chi connectivity index (χ0v) is 34.8. The Morgan fingerprint density at radius 1 is 0.556 bits per heavy atom. The molecule has 314 valence electrons. The van der Waals surface area contributed by atoms with Crippen LogP contribution in [0, 0.1) is 0 Å². The quantitative estimate of drug-likeness (QED) is 0.0238. The molecule has 54 heavy (non-hydrogen) atoms. The van der Waals surface area contributed by atoms with Crippen LogP contribution in [0.25, 0.3) is 0 Å². The van der Waals surface area contributed by atoms with Crippen LogP contribution in [0.2, 0.25) is 0 Å². The highest BCUT2D eigenvalue weighted by molar-refractivity contribution is 7.47. The Hall–Kier alpha value is -2.07. The second kappa shape index (κ2) is 39.2. The molecule has 0 aliphatic carbocycles. The molecule has 0 rings (SSSR count). The molecular formula is C43H77O10P. The molecule has 10 nitrogen and oxygen atoms in total. The number of phosphoric ester groups is 1. The lowest BCUT2D eigenvalue weighted by Crippen LogP contribution is -2.29. The number of aliphatic hydroxyl groups is 2. The molecule has 0 radical (unpaired) electrons. The normalized spacial score (nSPS) is 14.4. The van der Waals surface area contributed by atoms with Crippen molar-refractivity contribution in [2.45, 2.75) is 187 Å². The molecule has 0 aromatic heterocycles. The summed E-state index contributed by atoms with van der Waals surface area (Å²) in [5, 5.41) is 18.3. The van der Waals surface area contributed by atoms with Gasteiger partial charge in [0.15, 0.2) is 6.10 Å². The van der Waals surface area contributed by atoms with E-state index in [1.165, 1.54) is 77.0 Å². The van der Waals surface area contributed by atoms with Gasteiger partial charge in [0.25, 0.3) is 0 Å². The molecule has 3 atom stereocenters. The van der Waals surface area contributed by atoms with E-state index in [0.29, 0.717) is 12.8 Å². The third-order valence-corrected chi connectivity index (χ3v) is 9.69. The number of carbonyl (C=O) groups excluding carboxylic acids is 2. The molecule has 0 saturated carbocycles. The smallest absolute Gasteiger partial charge is 0.462 e. The number of allylic oxidation sites excluding steroid dienone is 8. The van der Waals surface area contributed by atoms with Crippen molar-refractivity contribution in [2.75, 3.05) is 26.4 Å². The molecule has 0 bridgehead atoms. The van der Waals surface area contributed by atoms with Crippen molar-refractivity contribution in [3.05, 3.63) is 48.6 Å². The Morgan fingerprint density at radius 3 is 1.48 bits per heavy atom. The number of esters is 2. The van der Waals surface area contributed by atoms with Crippen molar-refractivity contribution >= 4 is 19.8 Å². The summed E-state index contributed by atoms with van der Waals surface area (Å²) < 4.78 is 32.6. The number of unbranched alkanes of at least 4 members (excludes halogenated alkanes) is 17. The zero-order valence-electron chi connectivity index (χ0n) is 33.9. The first-order valence-corrected chi connectivity index (χ1v) is 22.6. The number of ether oxygens (including phenoxy) is 2. The van der Waals surface area contributed by atoms with E-state index in [1.807, 2.05) is 0 Å². The molecule has 0 aliphatic heterocycles. The summed E-state index contributed by atoms with van der Waals surface area (Å²) in [5.74, 6) is -0.961. The van der Waals surface area contributed by atoms with Gasteiger partial charge in [-0.05, 0) is 57.8 Å². The van der Waals surface area contributed by atoms with Gasteiger partial charge in [0.2, 0.25) is 0 Å². The highest BCUT2D eigenvalue weighted by atomic mass is 31.2. The van der Waals surface area contributed by atoms with Gasteiger partial charge >= 0.3 is 19.8 Å². The van der Waals surface area contributed by atoms with Gasteiger partial charge in [0.1, 0.15) is 12.7 Å². The topological polar surface area (TPSA) is 149 Å². The number of phosphoric acid groups is 1. The van der Waals surface area contributed by atoms with Gasteiger partial charge < -0.3 is 24.6 Å². The Bertz CT molecular complexity index is 1040. The van der Waals surface area contributed by atoms with Crippen LogP contribution in [0.4, 0.5) is 0 Å². The van der Waals surface area contributed by atoms with E-state index in [1.54, 1.807) is 0 Å². The first kappa shape index (κ1) is 51.9. The van der Waals surface area contributed by atoms with E-state index in [9.17, 15) is 24.2 Å². The fraction of sp³-hybridized carbons (Fsp3) is 0.767. The molecule has 0 aromatic carbocycles. The van der Waals surface area contributed by atoms with Gasteiger partial charge in [0.05, 0.1) is 19.8 Å². The third kappa shape index (κ3) is 38.2. The first-order valence-electron chi connectivity index (χ1n) is 21.1. The summed E-state index contributed by atoms with van der Waals surface area (Å²) in [5.41, 5.74) is 0. The summed E-state index contributed by atoms with van der Waals surface area (Å²) in [4.78, 5) is 34.9. The SMILES string of the molecule is CCCCC/C=C\C/C=C\C/C=C\C/C=C\CCCCCC(=O)OC[C@H](COP(=O)(O)OC[C@@H](O)CO)OC(=O)CCCCCCCCCCCCCC. The predicted molar refractivity (Wildman–Crippen MR) is 219 cm³/mol. The molecule has 0 aliphatic rings. The fourth-order valence-electron chi connectivity index (χ4n) is 5.45. The summed E-state index contributed by atoms with van der Waals surface area (Å²) >= 11 is 0. The molecule has 11 heteroatoms. The third-order valence-electron chi connectivity index (χ3n) is 8.74. The highest BCUT2D eigenvalue weighted by Gasteiger charge is 2.27. The van der Waals surface area contributed by atoms with Crippen LogP contribution in [0.5, 0.6) is 0 Å². The summed E-state index contributed by atoms with van der Waals surface area (Å²) in [6.07, 6.45) is 40.8. The predicted octanol–water partition coefficient (Wildman–Crippen LogP) is 10.9. The summed E-state index contributed by atoms with van der Waals surface area (Å²) in [7, 11) is -4.62. The van der Waals surface area contributed by atoms with Crippen LogP contribution in [0.15, 0.2) is 48.6 Å². The number of hydrogen-bond acceptors (Lipinski definition) is 9. The lowest BCUT2D eigenvalue weighted by Gasteiger charge is -2.20. The average Bonchev–Trinajstić information content (AvgIpc) is 3.16. The summed E-state index contributed by atoms with van der Waals surface area (Å²) in [6.45, 7) is 2.30. The van der Waals surface area contributed by atoms with Crippen LogP contribution in [-0.2, 0) is 32.7 Å². The van der Waals surface area contributed by atoms with Crippen LogP contribution >= 0.6 is 7.82 Å². The number of hydrogen-bond donors (Lipinski definition) is 3. The summed E-state index contributed by atoms with van der Waals surface area (Å²) in [6, 6.07) is 0. The van der Waals surface area contributed by atoms with Gasteiger partial charge in [-0.2, -0.15) is 0 Å². The van der Waals surface area contributed by atoms with Crippen molar-refractivity contribution in [1.29, 1.82) is 0 Å². The molecular weight excluding hydrogens is 707 g/mol. The Kier molecular flexibility index (Phi) is 37.7. The minimum absolute atomic E-state index is 0.178. The zero-order chi connectivity index (χ0) is 39.8. The number of aliphatic hydroxyl groups excluding tert-OH is 2. The van der Waals surface area contributed by atoms with Crippen LogP contribution in [-0.4, -0.2) is 65.7 Å². The largest absolute Gasteiger partial charge is 0.472 e. The molecule has 0 amide bonds. The maximum Gasteiger partial charge on any atom is 0.472 e. The van der Waals surface area contributed by atoms with E-state index in [2.05, 4.69) is 67.0 Å². The van der Waals surface area contributed by atoms with Crippen molar-refractivity contribution < 1.29 is 47.8 Å². The van der Waals surface area contributed by atoms with E-state index < -0.39 is 51.8 Å². The second-order valence-corrected chi connectivity index (χ2v) is 15.5. The first-order chi connectivity index (χ1) is 26.2. The molecule has 0 fully saturated rings. The van der Waals surface area contributed by atoms with E-state index >= 15 is 0 Å². The van der Waals surface area contributed by atoms with Gasteiger partial charge in [-0.1, -0.05) is 152 Å². The second-order valence-electron chi connectivity index (χ2n) is 14.0. The van der Waals surface area contributed by atoms with Crippen LogP contribution < -0.4 is 0 Å². The Morgan fingerprint density at radius 2 is 0.963 bits per heavy atom. The minimum Gasteiger partial charge on any atom is -0.462 e. The van der Waals surface area contributed by atoms with Crippen molar-refractivity contribution in [3.8, 4) is 0 Å². The van der Waals surface area contributed by atoms with Gasteiger partial charge in [-0.3, -0.25) is 18.6 Å². The van der Waals surface area contributed by atoms with Gasteiger partial charge in [-0.15, -0.1) is 0 Å². The molecule has 0 saturated heterocycles. The lowest BCUT2D eigenvalue weighted by molar-refractivity contribution is -0.161. The van der Waals surface area contributed by atoms with Crippen LogP contribution in [0.1, 0.15) is 174 Å². The Labute approximate surface area is 328 Å². The van der Waals surface area contributed by atoms with Crippen molar-refractivity contribution in [2.24, 2.45) is 0 Å². The molecule has 0 aromatic rings. The van der Waals surface area contributed by atoms with Gasteiger partial charge in [-0.25, -0.2) is 4.57 Å². The molecule has 1 unspecified atom stereocenters. The lowest BCUT2D eigenvalue weighted by atomic mass is 10.0.